The van der Waals surface area contributed by atoms with Gasteiger partial charge in [-0.3, -0.25) is 19.3 Å². The molecule has 2 aliphatic rings. The lowest BCUT2D eigenvalue weighted by atomic mass is 10.00. The maximum absolute atomic E-state index is 13.0. The van der Waals surface area contributed by atoms with Crippen molar-refractivity contribution in [1.82, 2.24) is 14.4 Å². The van der Waals surface area contributed by atoms with Crippen molar-refractivity contribution in [1.29, 1.82) is 5.26 Å². The summed E-state index contributed by atoms with van der Waals surface area (Å²) in [6, 6.07) is 17.7. The maximum atomic E-state index is 13.0. The van der Waals surface area contributed by atoms with Gasteiger partial charge >= 0.3 is 0 Å². The highest BCUT2D eigenvalue weighted by Gasteiger charge is 2.37. The van der Waals surface area contributed by atoms with Crippen LogP contribution in [0.15, 0.2) is 59.6 Å². The molecule has 0 radical (unpaired) electrons. The molecule has 3 aromatic rings. The molecule has 0 atom stereocenters. The number of thioether (sulfide) groups is 1. The van der Waals surface area contributed by atoms with Crippen molar-refractivity contribution < 1.29 is 14.4 Å². The second kappa shape index (κ2) is 8.60. The normalized spacial score (nSPS) is 17.0. The van der Waals surface area contributed by atoms with Gasteiger partial charge in [-0.2, -0.15) is 5.26 Å². The highest BCUT2D eigenvalue weighted by molar-refractivity contribution is 8.18. The Hall–Kier alpha value is -3.83. The van der Waals surface area contributed by atoms with E-state index in [0.717, 1.165) is 45.1 Å². The van der Waals surface area contributed by atoms with Crippen LogP contribution in [0.5, 0.6) is 0 Å². The van der Waals surface area contributed by atoms with Crippen molar-refractivity contribution in [3.05, 3.63) is 76.3 Å². The van der Waals surface area contributed by atoms with Gasteiger partial charge in [-0.25, -0.2) is 0 Å². The van der Waals surface area contributed by atoms with Crippen LogP contribution in [0.2, 0.25) is 0 Å². The summed E-state index contributed by atoms with van der Waals surface area (Å²) in [6.07, 6.45) is 4.23. The minimum Gasteiger partial charge on any atom is -0.336 e. The van der Waals surface area contributed by atoms with Crippen LogP contribution in [0.3, 0.4) is 0 Å². The van der Waals surface area contributed by atoms with Crippen LogP contribution in [0, 0.1) is 11.3 Å². The molecule has 7 nitrogen and oxygen atoms in total. The van der Waals surface area contributed by atoms with E-state index in [4.69, 9.17) is 5.26 Å². The van der Waals surface area contributed by atoms with Crippen LogP contribution >= 0.6 is 11.8 Å². The van der Waals surface area contributed by atoms with Gasteiger partial charge in [-0.05, 0) is 41.5 Å². The number of amides is 3. The van der Waals surface area contributed by atoms with Crippen LogP contribution in [0.4, 0.5) is 4.79 Å². The Labute approximate surface area is 194 Å². The summed E-state index contributed by atoms with van der Waals surface area (Å²) in [5, 5.41) is 9.54. The zero-order valence-corrected chi connectivity index (χ0v) is 18.5. The first kappa shape index (κ1) is 21.0. The van der Waals surface area contributed by atoms with E-state index in [1.807, 2.05) is 47.0 Å². The van der Waals surface area contributed by atoms with E-state index in [-0.39, 0.29) is 23.9 Å². The molecule has 0 unspecified atom stereocenters. The van der Waals surface area contributed by atoms with Gasteiger partial charge in [0.1, 0.15) is 13.1 Å². The third-order valence-electron chi connectivity index (χ3n) is 6.00. The monoisotopic (exact) mass is 456 g/mol. The number of nitriles is 1. The molecule has 3 amide bonds. The Balaban J connectivity index is 1.35. The van der Waals surface area contributed by atoms with Gasteiger partial charge in [-0.15, -0.1) is 0 Å². The molecule has 0 spiro atoms. The fraction of sp³-hybridized carbons (Fsp3) is 0.200. The average Bonchev–Trinajstić information content (AvgIpc) is 3.31. The predicted octanol–water partition coefficient (Wildman–Crippen LogP) is 3.79. The number of fused-ring (bicyclic) bond motifs is 2. The molecule has 8 heteroatoms. The van der Waals surface area contributed by atoms with Crippen molar-refractivity contribution in [2.45, 2.75) is 19.5 Å². The number of benzene rings is 2. The van der Waals surface area contributed by atoms with Crippen LogP contribution in [-0.4, -0.2) is 44.5 Å². The fourth-order valence-corrected chi connectivity index (χ4v) is 5.15. The summed E-state index contributed by atoms with van der Waals surface area (Å²) in [5.41, 5.74) is 3.96. The van der Waals surface area contributed by atoms with Gasteiger partial charge in [0.15, 0.2) is 0 Å². The molecule has 33 heavy (non-hydrogen) atoms. The van der Waals surface area contributed by atoms with Crippen molar-refractivity contribution in [3.8, 4) is 6.07 Å². The first-order valence-corrected chi connectivity index (χ1v) is 11.4. The van der Waals surface area contributed by atoms with Gasteiger partial charge in [0, 0.05) is 35.8 Å². The molecule has 0 N–H and O–H groups in total. The largest absolute Gasteiger partial charge is 0.336 e. The summed E-state index contributed by atoms with van der Waals surface area (Å²) in [5.74, 6) is -0.702. The highest BCUT2D eigenvalue weighted by atomic mass is 32.2. The van der Waals surface area contributed by atoms with Gasteiger partial charge in [0.25, 0.3) is 11.1 Å². The zero-order valence-electron chi connectivity index (χ0n) is 17.7. The summed E-state index contributed by atoms with van der Waals surface area (Å²) < 4.78 is 1.81. The SMILES string of the molecule is N#CCn1cc(/C=C2\SC(=O)N(CC(=O)N3CCc4ccccc4C3)C2=O)c2ccccc21. The number of hydrogen-bond donors (Lipinski definition) is 0. The van der Waals surface area contributed by atoms with E-state index in [0.29, 0.717) is 13.1 Å². The molecule has 3 heterocycles. The summed E-state index contributed by atoms with van der Waals surface area (Å²) in [4.78, 5) is 41.5. The Morgan fingerprint density at radius 3 is 2.67 bits per heavy atom. The molecule has 1 aromatic heterocycles. The van der Waals surface area contributed by atoms with E-state index in [2.05, 4.69) is 12.1 Å². The number of nitrogens with zero attached hydrogens (tertiary/aromatic N) is 4. The minimum atomic E-state index is -0.465. The van der Waals surface area contributed by atoms with E-state index in [9.17, 15) is 14.4 Å². The van der Waals surface area contributed by atoms with Crippen molar-refractivity contribution >= 4 is 45.8 Å². The smallest absolute Gasteiger partial charge is 0.294 e. The van der Waals surface area contributed by atoms with E-state index in [1.165, 1.54) is 5.56 Å². The maximum Gasteiger partial charge on any atom is 0.294 e. The molecule has 1 saturated heterocycles. The third-order valence-corrected chi connectivity index (χ3v) is 6.90. The van der Waals surface area contributed by atoms with Gasteiger partial charge in [0.2, 0.25) is 5.91 Å². The van der Waals surface area contributed by atoms with Crippen molar-refractivity contribution in [2.24, 2.45) is 0 Å². The summed E-state index contributed by atoms with van der Waals surface area (Å²) in [6.45, 7) is 0.976. The van der Waals surface area contributed by atoms with E-state index < -0.39 is 11.1 Å². The Morgan fingerprint density at radius 2 is 1.85 bits per heavy atom. The number of para-hydroxylation sites is 1. The molecule has 164 valence electrons. The number of carbonyl (C=O) groups is 3. The molecular formula is C25H20N4O3S. The van der Waals surface area contributed by atoms with E-state index >= 15 is 0 Å². The van der Waals surface area contributed by atoms with Gasteiger partial charge < -0.3 is 9.47 Å². The lowest BCUT2D eigenvalue weighted by Gasteiger charge is -2.29. The standard InChI is InChI=1S/C25H20N4O3S/c26-10-12-27-15-19(20-7-3-4-8-21(20)27)13-22-24(31)29(25(32)33-22)16-23(30)28-11-9-17-5-1-2-6-18(17)14-28/h1-8,13,15H,9,11-12,14,16H2/b22-13-. The second-order valence-electron chi connectivity index (χ2n) is 7.99. The number of carbonyl (C=O) groups excluding carboxylic acids is 3. The van der Waals surface area contributed by atoms with Gasteiger partial charge in [0.05, 0.1) is 11.0 Å². The molecular weight excluding hydrogens is 436 g/mol. The molecule has 1 fully saturated rings. The molecule has 0 bridgehead atoms. The topological polar surface area (TPSA) is 86.4 Å². The molecule has 5 rings (SSSR count). The zero-order chi connectivity index (χ0) is 22.9. The molecule has 0 saturated carbocycles. The van der Waals surface area contributed by atoms with Crippen molar-refractivity contribution in [3.63, 3.8) is 0 Å². The molecule has 2 aliphatic heterocycles. The average molecular weight is 457 g/mol. The first-order valence-electron chi connectivity index (χ1n) is 10.6. The number of hydrogen-bond acceptors (Lipinski definition) is 5. The molecule has 2 aromatic carbocycles. The third kappa shape index (κ3) is 3.92. The number of imide groups is 1. The Morgan fingerprint density at radius 1 is 1.09 bits per heavy atom. The predicted molar refractivity (Wildman–Crippen MR) is 126 cm³/mol. The summed E-state index contributed by atoms with van der Waals surface area (Å²) in [7, 11) is 0. The second-order valence-corrected chi connectivity index (χ2v) is 8.98. The quantitative estimate of drug-likeness (QED) is 0.558. The Bertz CT molecular complexity index is 1370. The van der Waals surface area contributed by atoms with Crippen molar-refractivity contribution in [2.75, 3.05) is 13.1 Å². The Kier molecular flexibility index (Phi) is 5.48. The fourth-order valence-electron chi connectivity index (χ4n) is 4.32. The molecule has 0 aliphatic carbocycles. The lowest BCUT2D eigenvalue weighted by molar-refractivity contribution is -0.136. The number of aromatic nitrogens is 1. The first-order chi connectivity index (χ1) is 16.0. The van der Waals surface area contributed by atoms with Crippen LogP contribution in [0.25, 0.3) is 17.0 Å². The minimum absolute atomic E-state index is 0.184. The van der Waals surface area contributed by atoms with Gasteiger partial charge in [-0.1, -0.05) is 42.5 Å². The number of rotatable bonds is 4. The van der Waals surface area contributed by atoms with Crippen LogP contribution in [0.1, 0.15) is 16.7 Å². The van der Waals surface area contributed by atoms with E-state index in [1.54, 1.807) is 17.2 Å². The van der Waals surface area contributed by atoms with Crippen LogP contribution in [-0.2, 0) is 29.1 Å². The highest BCUT2D eigenvalue weighted by Crippen LogP contribution is 2.34. The lowest BCUT2D eigenvalue weighted by Crippen LogP contribution is -2.44. The van der Waals surface area contributed by atoms with Crippen LogP contribution < -0.4 is 0 Å². The summed E-state index contributed by atoms with van der Waals surface area (Å²) >= 11 is 0.839.